The van der Waals surface area contributed by atoms with E-state index >= 15 is 0 Å². The molecule has 78 valence electrons. The fourth-order valence-electron chi connectivity index (χ4n) is 1.82. The zero-order valence-corrected chi connectivity index (χ0v) is 9.26. The molecule has 2 rings (SSSR count). The van der Waals surface area contributed by atoms with Crippen LogP contribution in [0.2, 0.25) is 0 Å². The number of ketones is 2. The van der Waals surface area contributed by atoms with Gasteiger partial charge in [-0.1, -0.05) is 32.9 Å². The van der Waals surface area contributed by atoms with E-state index in [2.05, 4.69) is 20.8 Å². The van der Waals surface area contributed by atoms with Crippen molar-refractivity contribution in [2.45, 2.75) is 32.6 Å². The molecular weight excluding hydrogens is 188 g/mol. The van der Waals surface area contributed by atoms with E-state index in [1.165, 1.54) is 0 Å². The largest absolute Gasteiger partial charge is 0.294 e. The fraction of sp³-hybridized carbons (Fsp3) is 0.385. The summed E-state index contributed by atoms with van der Waals surface area (Å²) in [7, 11) is 0. The molecule has 1 aromatic rings. The third-order valence-corrected chi connectivity index (χ3v) is 2.81. The van der Waals surface area contributed by atoms with Crippen LogP contribution >= 0.6 is 0 Å². The van der Waals surface area contributed by atoms with Crippen LogP contribution in [0.3, 0.4) is 0 Å². The second kappa shape index (κ2) is 3.02. The number of rotatable bonds is 0. The molecule has 0 unspecified atom stereocenters. The van der Waals surface area contributed by atoms with Crippen molar-refractivity contribution in [1.29, 1.82) is 0 Å². The Hall–Kier alpha value is -1.44. The number of Topliss-reactive ketones (excluding diaryl/α,β-unsaturated/α-hetero) is 2. The summed E-state index contributed by atoms with van der Waals surface area (Å²) in [5.74, 6) is -0.0865. The molecule has 2 nitrogen and oxygen atoms in total. The van der Waals surface area contributed by atoms with Gasteiger partial charge >= 0.3 is 0 Å². The highest BCUT2D eigenvalue weighted by Crippen LogP contribution is 2.28. The molecule has 1 aliphatic carbocycles. The van der Waals surface area contributed by atoms with Crippen LogP contribution in [0.4, 0.5) is 0 Å². The molecule has 0 spiro atoms. The van der Waals surface area contributed by atoms with Crippen molar-refractivity contribution >= 4 is 11.6 Å². The zero-order chi connectivity index (χ0) is 11.2. The summed E-state index contributed by atoms with van der Waals surface area (Å²) in [6, 6.07) is 5.58. The van der Waals surface area contributed by atoms with E-state index in [0.29, 0.717) is 11.1 Å². The van der Waals surface area contributed by atoms with Crippen molar-refractivity contribution in [1.82, 2.24) is 0 Å². The second-order valence-electron chi connectivity index (χ2n) is 5.03. The Morgan fingerprint density at radius 2 is 1.60 bits per heavy atom. The lowest BCUT2D eigenvalue weighted by Gasteiger charge is -2.19. The monoisotopic (exact) mass is 202 g/mol. The maximum absolute atomic E-state index is 11.5. The molecule has 0 aliphatic heterocycles. The molecule has 1 aliphatic rings. The third kappa shape index (κ3) is 1.60. The Bertz CT molecular complexity index is 450. The van der Waals surface area contributed by atoms with Gasteiger partial charge in [0.05, 0.1) is 6.42 Å². The Morgan fingerprint density at radius 3 is 2.20 bits per heavy atom. The predicted octanol–water partition coefficient (Wildman–Crippen LogP) is 2.75. The average Bonchev–Trinajstić information content (AvgIpc) is 2.41. The Kier molecular flexibility index (Phi) is 2.03. The molecule has 0 heterocycles. The van der Waals surface area contributed by atoms with Crippen molar-refractivity contribution in [2.75, 3.05) is 0 Å². The number of hydrogen-bond acceptors (Lipinski definition) is 2. The van der Waals surface area contributed by atoms with Gasteiger partial charge in [0.1, 0.15) is 0 Å². The number of fused-ring (bicyclic) bond motifs is 1. The van der Waals surface area contributed by atoms with Gasteiger partial charge in [-0.05, 0) is 17.0 Å². The summed E-state index contributed by atoms with van der Waals surface area (Å²) in [5, 5.41) is 0. The van der Waals surface area contributed by atoms with Crippen molar-refractivity contribution in [2.24, 2.45) is 0 Å². The first-order valence-electron chi connectivity index (χ1n) is 5.10. The zero-order valence-electron chi connectivity index (χ0n) is 9.26. The third-order valence-electron chi connectivity index (χ3n) is 2.81. The van der Waals surface area contributed by atoms with E-state index in [1.54, 1.807) is 6.07 Å². The Labute approximate surface area is 89.3 Å². The number of carbonyl (C=O) groups is 2. The Morgan fingerprint density at radius 1 is 1.00 bits per heavy atom. The van der Waals surface area contributed by atoms with Gasteiger partial charge < -0.3 is 0 Å². The van der Waals surface area contributed by atoms with Crippen LogP contribution in [0.15, 0.2) is 18.2 Å². The van der Waals surface area contributed by atoms with Crippen molar-refractivity contribution in [3.8, 4) is 0 Å². The number of carbonyl (C=O) groups excluding carboxylic acids is 2. The first-order chi connectivity index (χ1) is 6.89. The van der Waals surface area contributed by atoms with Gasteiger partial charge in [0, 0.05) is 11.1 Å². The average molecular weight is 202 g/mol. The molecule has 0 saturated heterocycles. The fourth-order valence-corrected chi connectivity index (χ4v) is 1.82. The van der Waals surface area contributed by atoms with E-state index in [1.807, 2.05) is 12.1 Å². The van der Waals surface area contributed by atoms with Crippen molar-refractivity contribution in [3.05, 3.63) is 34.9 Å². The summed E-state index contributed by atoms with van der Waals surface area (Å²) in [4.78, 5) is 23.0. The van der Waals surface area contributed by atoms with Gasteiger partial charge in [-0.3, -0.25) is 9.59 Å². The molecule has 0 atom stereocenters. The molecule has 0 saturated carbocycles. The van der Waals surface area contributed by atoms with Gasteiger partial charge in [-0.25, -0.2) is 0 Å². The lowest BCUT2D eigenvalue weighted by Crippen LogP contribution is -2.12. The number of benzene rings is 1. The highest BCUT2D eigenvalue weighted by Gasteiger charge is 2.28. The number of hydrogen-bond donors (Lipinski definition) is 0. The summed E-state index contributed by atoms with van der Waals surface area (Å²) in [6.07, 6.45) is 0.0446. The summed E-state index contributed by atoms with van der Waals surface area (Å²) < 4.78 is 0. The van der Waals surface area contributed by atoms with Gasteiger partial charge in [0.25, 0.3) is 0 Å². The molecule has 0 amide bonds. The molecular formula is C13H14O2. The van der Waals surface area contributed by atoms with Crippen LogP contribution < -0.4 is 0 Å². The first kappa shape index (κ1) is 10.1. The summed E-state index contributed by atoms with van der Waals surface area (Å²) in [6.45, 7) is 6.28. The second-order valence-corrected chi connectivity index (χ2v) is 5.03. The molecule has 1 aromatic carbocycles. The van der Waals surface area contributed by atoms with Gasteiger partial charge in [0.2, 0.25) is 0 Å². The maximum Gasteiger partial charge on any atom is 0.171 e. The SMILES string of the molecule is CC(C)(C)c1ccc2c(c1)C(=O)CC2=O. The normalized spacial score (nSPS) is 15.7. The lowest BCUT2D eigenvalue weighted by atomic mass is 9.85. The minimum absolute atomic E-state index is 0.0148. The highest BCUT2D eigenvalue weighted by molar-refractivity contribution is 6.24. The topological polar surface area (TPSA) is 34.1 Å². The molecule has 0 aromatic heterocycles. The molecule has 15 heavy (non-hydrogen) atoms. The van der Waals surface area contributed by atoms with E-state index in [-0.39, 0.29) is 23.4 Å². The van der Waals surface area contributed by atoms with Crippen LogP contribution in [0.5, 0.6) is 0 Å². The quantitative estimate of drug-likeness (QED) is 0.606. The van der Waals surface area contributed by atoms with Crippen LogP contribution in [-0.4, -0.2) is 11.6 Å². The van der Waals surface area contributed by atoms with Gasteiger partial charge in [0.15, 0.2) is 11.6 Å². The van der Waals surface area contributed by atoms with Crippen LogP contribution in [0, 0.1) is 0 Å². The minimum Gasteiger partial charge on any atom is -0.294 e. The van der Waals surface area contributed by atoms with Gasteiger partial charge in [-0.2, -0.15) is 0 Å². The first-order valence-corrected chi connectivity index (χ1v) is 5.10. The predicted molar refractivity (Wildman–Crippen MR) is 58.4 cm³/mol. The van der Waals surface area contributed by atoms with Crippen molar-refractivity contribution in [3.63, 3.8) is 0 Å². The molecule has 0 bridgehead atoms. The smallest absolute Gasteiger partial charge is 0.171 e. The maximum atomic E-state index is 11.5. The van der Waals surface area contributed by atoms with E-state index in [9.17, 15) is 9.59 Å². The molecule has 0 fully saturated rings. The Balaban J connectivity index is 2.57. The highest BCUT2D eigenvalue weighted by atomic mass is 16.2. The van der Waals surface area contributed by atoms with Crippen LogP contribution in [0.25, 0.3) is 0 Å². The summed E-state index contributed by atoms with van der Waals surface area (Å²) in [5.41, 5.74) is 2.31. The van der Waals surface area contributed by atoms with Crippen LogP contribution in [-0.2, 0) is 5.41 Å². The van der Waals surface area contributed by atoms with Crippen molar-refractivity contribution < 1.29 is 9.59 Å². The van der Waals surface area contributed by atoms with E-state index in [4.69, 9.17) is 0 Å². The molecule has 0 N–H and O–H groups in total. The summed E-state index contributed by atoms with van der Waals surface area (Å²) >= 11 is 0. The van der Waals surface area contributed by atoms with Crippen LogP contribution in [0.1, 0.15) is 53.5 Å². The van der Waals surface area contributed by atoms with E-state index in [0.717, 1.165) is 5.56 Å². The lowest BCUT2D eigenvalue weighted by molar-refractivity contribution is 0.0923. The minimum atomic E-state index is -0.0459. The van der Waals surface area contributed by atoms with E-state index < -0.39 is 0 Å². The van der Waals surface area contributed by atoms with Gasteiger partial charge in [-0.15, -0.1) is 0 Å². The standard InChI is InChI=1S/C13H14O2/c1-13(2,3)8-4-5-9-10(6-8)12(15)7-11(9)14/h4-6H,7H2,1-3H3. The molecule has 2 heteroatoms. The molecule has 0 radical (unpaired) electrons.